The molecule has 3 N–H and O–H groups in total. The number of hydrogen-bond donors (Lipinski definition) is 2. The molecule has 156 valence electrons. The number of nitrogens with two attached hydrogens (primary N) is 1. The Balaban J connectivity index is 1.41. The van der Waals surface area contributed by atoms with Gasteiger partial charge in [0.25, 0.3) is 0 Å². The fraction of sp³-hybridized carbons (Fsp3) is 0.462. The van der Waals surface area contributed by atoms with Crippen LogP contribution < -0.4 is 5.73 Å². The van der Waals surface area contributed by atoms with Gasteiger partial charge in [-0.25, -0.2) is 0 Å². The molecular weight excluding hydrogens is 374 g/mol. The number of fused-ring (bicyclic) bond motifs is 5. The van der Waals surface area contributed by atoms with Crippen LogP contribution in [0.5, 0.6) is 5.75 Å². The first-order valence-corrected chi connectivity index (χ1v) is 11.1. The van der Waals surface area contributed by atoms with Gasteiger partial charge in [-0.3, -0.25) is 9.59 Å². The van der Waals surface area contributed by atoms with E-state index < -0.39 is 5.91 Å². The second kappa shape index (κ2) is 6.97. The third kappa shape index (κ3) is 2.96. The predicted octanol–water partition coefficient (Wildman–Crippen LogP) is 4.39. The molecular formula is C26H29NO3. The Labute approximate surface area is 177 Å². The molecule has 2 saturated carbocycles. The van der Waals surface area contributed by atoms with Crippen molar-refractivity contribution in [2.24, 2.45) is 28.9 Å². The summed E-state index contributed by atoms with van der Waals surface area (Å²) in [5.74, 6) is 1.79. The van der Waals surface area contributed by atoms with Crippen molar-refractivity contribution in [1.29, 1.82) is 0 Å². The fourth-order valence-electron chi connectivity index (χ4n) is 6.82. The number of ketones is 1. The van der Waals surface area contributed by atoms with Gasteiger partial charge in [0.15, 0.2) is 0 Å². The number of phenols is 1. The zero-order valence-electron chi connectivity index (χ0n) is 17.4. The molecule has 0 bridgehead atoms. The van der Waals surface area contributed by atoms with Gasteiger partial charge in [-0.05, 0) is 97.2 Å². The van der Waals surface area contributed by atoms with Crippen molar-refractivity contribution >= 4 is 11.7 Å². The highest BCUT2D eigenvalue weighted by atomic mass is 16.3. The number of carbonyl (C=O) groups is 2. The lowest BCUT2D eigenvalue weighted by Crippen LogP contribution is -2.42. The summed E-state index contributed by atoms with van der Waals surface area (Å²) in [5.41, 5.74) is 9.40. The van der Waals surface area contributed by atoms with Crippen molar-refractivity contribution < 1.29 is 14.7 Å². The molecule has 0 radical (unpaired) electrons. The molecule has 0 spiro atoms. The normalized spacial score (nSPS) is 32.2. The summed E-state index contributed by atoms with van der Waals surface area (Å²) in [6.45, 7) is 2.20. The minimum Gasteiger partial charge on any atom is -0.508 e. The van der Waals surface area contributed by atoms with Crippen LogP contribution in [0, 0.1) is 23.2 Å². The highest BCUT2D eigenvalue weighted by Crippen LogP contribution is 2.61. The summed E-state index contributed by atoms with van der Waals surface area (Å²) >= 11 is 0. The van der Waals surface area contributed by atoms with Crippen molar-refractivity contribution in [3.8, 4) is 5.75 Å². The molecule has 3 aliphatic rings. The molecule has 0 aliphatic heterocycles. The number of carbonyl (C=O) groups excluding carboxylic acids is 2. The standard InChI is InChI=1S/C26H29NO3/c1-26-10-9-21-20-8-6-19(28)13-16(20)5-7-22(21)23(26)14-18(24(26)29)12-15-3-2-4-17(11-15)25(27)30/h2-4,6,8,11,13,18,21-23,28H,5,7,9-10,12,14H2,1H3,(H2,27,30)/t18-,21+,22+,23-,26-/m0/s1. The minimum absolute atomic E-state index is 0.0168. The van der Waals surface area contributed by atoms with Crippen LogP contribution in [0.1, 0.15) is 65.6 Å². The smallest absolute Gasteiger partial charge is 0.248 e. The Hall–Kier alpha value is -2.62. The molecule has 4 nitrogen and oxygen atoms in total. The molecule has 4 heteroatoms. The minimum atomic E-state index is -0.426. The van der Waals surface area contributed by atoms with Crippen LogP contribution >= 0.6 is 0 Å². The number of aromatic hydroxyl groups is 1. The summed E-state index contributed by atoms with van der Waals surface area (Å²) in [7, 11) is 0. The maximum absolute atomic E-state index is 13.5. The second-order valence-corrected chi connectivity index (χ2v) is 9.82. The van der Waals surface area contributed by atoms with E-state index in [1.54, 1.807) is 6.07 Å². The number of primary amides is 1. The lowest BCUT2D eigenvalue weighted by atomic mass is 9.55. The van der Waals surface area contributed by atoms with Gasteiger partial charge in [-0.1, -0.05) is 25.1 Å². The molecule has 0 aromatic heterocycles. The van der Waals surface area contributed by atoms with Gasteiger partial charge in [-0.2, -0.15) is 0 Å². The third-order valence-electron chi connectivity index (χ3n) is 8.27. The summed E-state index contributed by atoms with van der Waals surface area (Å²) in [4.78, 5) is 25.1. The number of amides is 1. The van der Waals surface area contributed by atoms with Crippen molar-refractivity contribution in [3.63, 3.8) is 0 Å². The Morgan fingerprint density at radius 2 is 2.03 bits per heavy atom. The molecule has 5 rings (SSSR count). The Kier molecular flexibility index (Phi) is 4.49. The number of rotatable bonds is 3. The first kappa shape index (κ1) is 19.3. The van der Waals surface area contributed by atoms with E-state index in [0.717, 1.165) is 37.7 Å². The average Bonchev–Trinajstić information content (AvgIpc) is 2.98. The molecule has 0 saturated heterocycles. The highest BCUT2D eigenvalue weighted by Gasteiger charge is 2.57. The van der Waals surface area contributed by atoms with E-state index in [1.165, 1.54) is 11.1 Å². The second-order valence-electron chi connectivity index (χ2n) is 9.82. The Bertz CT molecular complexity index is 1030. The van der Waals surface area contributed by atoms with E-state index in [4.69, 9.17) is 5.73 Å². The van der Waals surface area contributed by atoms with Gasteiger partial charge >= 0.3 is 0 Å². The van der Waals surface area contributed by atoms with Crippen molar-refractivity contribution in [1.82, 2.24) is 0 Å². The summed E-state index contributed by atoms with van der Waals surface area (Å²) in [5, 5.41) is 9.87. The van der Waals surface area contributed by atoms with Crippen molar-refractivity contribution in [2.45, 2.75) is 51.4 Å². The number of benzene rings is 2. The van der Waals surface area contributed by atoms with Gasteiger partial charge in [0.1, 0.15) is 11.5 Å². The first-order chi connectivity index (χ1) is 14.4. The average molecular weight is 404 g/mol. The SMILES string of the molecule is C[C@]12CC[C@@H]3c4ccc(O)cc4CC[C@H]3[C@@H]1C[C@H](Cc1cccc(C(N)=O)c1)C2=O. The van der Waals surface area contributed by atoms with Crippen LogP contribution in [0.25, 0.3) is 0 Å². The first-order valence-electron chi connectivity index (χ1n) is 11.1. The summed E-state index contributed by atoms with van der Waals surface area (Å²) in [6.07, 6.45) is 5.69. The zero-order chi connectivity index (χ0) is 21.0. The van der Waals surface area contributed by atoms with E-state index in [-0.39, 0.29) is 11.3 Å². The van der Waals surface area contributed by atoms with Gasteiger partial charge in [0.05, 0.1) is 0 Å². The lowest BCUT2D eigenvalue weighted by Gasteiger charge is -2.48. The summed E-state index contributed by atoms with van der Waals surface area (Å²) < 4.78 is 0. The lowest BCUT2D eigenvalue weighted by molar-refractivity contribution is -0.131. The topological polar surface area (TPSA) is 80.4 Å². The van der Waals surface area contributed by atoms with E-state index in [2.05, 4.69) is 13.0 Å². The van der Waals surface area contributed by atoms with Crippen LogP contribution in [0.4, 0.5) is 0 Å². The number of hydrogen-bond acceptors (Lipinski definition) is 3. The molecule has 2 fully saturated rings. The number of aryl methyl sites for hydroxylation is 1. The molecule has 2 aromatic carbocycles. The fourth-order valence-corrected chi connectivity index (χ4v) is 6.82. The molecule has 2 aromatic rings. The van der Waals surface area contributed by atoms with Crippen molar-refractivity contribution in [2.75, 3.05) is 0 Å². The maximum Gasteiger partial charge on any atom is 0.248 e. The van der Waals surface area contributed by atoms with Crippen LogP contribution in [-0.2, 0) is 17.6 Å². The van der Waals surface area contributed by atoms with Crippen LogP contribution in [0.15, 0.2) is 42.5 Å². The number of phenolic OH excluding ortho intramolecular Hbond substituents is 1. The van der Waals surface area contributed by atoms with E-state index >= 15 is 0 Å². The maximum atomic E-state index is 13.5. The van der Waals surface area contributed by atoms with Gasteiger partial charge in [0, 0.05) is 16.9 Å². The molecule has 30 heavy (non-hydrogen) atoms. The largest absolute Gasteiger partial charge is 0.508 e. The number of Topliss-reactive ketones (excluding diaryl/α,β-unsaturated/α-hetero) is 1. The highest BCUT2D eigenvalue weighted by molar-refractivity contribution is 5.93. The summed E-state index contributed by atoms with van der Waals surface area (Å²) in [6, 6.07) is 13.3. The van der Waals surface area contributed by atoms with Gasteiger partial charge in [-0.15, -0.1) is 0 Å². The Morgan fingerprint density at radius 3 is 2.83 bits per heavy atom. The van der Waals surface area contributed by atoms with Crippen molar-refractivity contribution in [3.05, 3.63) is 64.7 Å². The Morgan fingerprint density at radius 1 is 1.20 bits per heavy atom. The molecule has 0 heterocycles. The van der Waals surface area contributed by atoms with Crippen LogP contribution in [0.3, 0.4) is 0 Å². The quantitative estimate of drug-likeness (QED) is 0.798. The molecule has 1 amide bonds. The third-order valence-corrected chi connectivity index (χ3v) is 8.27. The molecule has 3 aliphatic carbocycles. The van der Waals surface area contributed by atoms with Gasteiger partial charge < -0.3 is 10.8 Å². The van der Waals surface area contributed by atoms with E-state index in [0.29, 0.717) is 41.3 Å². The van der Waals surface area contributed by atoms with Crippen LogP contribution in [0.2, 0.25) is 0 Å². The monoisotopic (exact) mass is 403 g/mol. The zero-order valence-corrected chi connectivity index (χ0v) is 17.4. The molecule has 5 atom stereocenters. The predicted molar refractivity (Wildman–Crippen MR) is 115 cm³/mol. The molecule has 0 unspecified atom stereocenters. The van der Waals surface area contributed by atoms with Gasteiger partial charge in [0.2, 0.25) is 5.91 Å². The van der Waals surface area contributed by atoms with E-state index in [9.17, 15) is 14.7 Å². The van der Waals surface area contributed by atoms with Crippen LogP contribution in [-0.4, -0.2) is 16.8 Å². The van der Waals surface area contributed by atoms with E-state index in [1.807, 2.05) is 30.3 Å².